The zero-order chi connectivity index (χ0) is 26.9. The first-order valence-electron chi connectivity index (χ1n) is 12.3. The molecule has 2 fully saturated rings. The van der Waals surface area contributed by atoms with Crippen molar-refractivity contribution in [1.29, 1.82) is 0 Å². The van der Waals surface area contributed by atoms with Crippen molar-refractivity contribution in [3.63, 3.8) is 0 Å². The molecule has 4 aliphatic rings. The van der Waals surface area contributed by atoms with Gasteiger partial charge in [-0.15, -0.1) is 0 Å². The Morgan fingerprint density at radius 2 is 1.95 bits per heavy atom. The maximum absolute atomic E-state index is 13.5. The van der Waals surface area contributed by atoms with Gasteiger partial charge in [-0.2, -0.15) is 0 Å². The molecule has 12 nitrogen and oxygen atoms in total. The molecule has 0 unspecified atom stereocenters. The summed E-state index contributed by atoms with van der Waals surface area (Å²) < 4.78 is 16.7. The lowest BCUT2D eigenvalue weighted by molar-refractivity contribution is -0.354. The van der Waals surface area contributed by atoms with Gasteiger partial charge in [0.25, 0.3) is 5.91 Å². The summed E-state index contributed by atoms with van der Waals surface area (Å²) in [5.41, 5.74) is -0.245. The molecular weight excluding hydrogens is 500 g/mol. The Labute approximate surface area is 216 Å². The van der Waals surface area contributed by atoms with Crippen LogP contribution in [-0.4, -0.2) is 90.5 Å². The molecule has 2 saturated heterocycles. The molecule has 0 aliphatic carbocycles. The third kappa shape index (κ3) is 3.49. The molecule has 202 valence electrons. The fraction of sp³-hybridized carbons (Fsp3) is 0.462. The molecule has 5 heterocycles. The molecule has 1 amide bonds. The van der Waals surface area contributed by atoms with Crippen molar-refractivity contribution in [2.24, 2.45) is 5.92 Å². The summed E-state index contributed by atoms with van der Waals surface area (Å²) in [7, 11) is 0. The van der Waals surface area contributed by atoms with Crippen molar-refractivity contribution in [3.05, 3.63) is 70.2 Å². The third-order valence-corrected chi connectivity index (χ3v) is 8.11. The smallest absolute Gasteiger partial charge is 0.254 e. The number of aromatic amines is 1. The van der Waals surface area contributed by atoms with Crippen LogP contribution >= 0.6 is 0 Å². The van der Waals surface area contributed by atoms with E-state index in [9.17, 15) is 35.1 Å². The van der Waals surface area contributed by atoms with Gasteiger partial charge in [0.2, 0.25) is 6.29 Å². The average Bonchev–Trinajstić information content (AvgIpc) is 3.30. The Morgan fingerprint density at radius 1 is 1.18 bits per heavy atom. The summed E-state index contributed by atoms with van der Waals surface area (Å²) in [5, 5.41) is 52.3. The molecule has 1 aromatic heterocycles. The topological polar surface area (TPSA) is 182 Å². The minimum atomic E-state index is -1.98. The van der Waals surface area contributed by atoms with Gasteiger partial charge < -0.3 is 49.6 Å². The highest BCUT2D eigenvalue weighted by Crippen LogP contribution is 2.50. The van der Waals surface area contributed by atoms with E-state index in [-0.39, 0.29) is 24.0 Å². The first-order valence-corrected chi connectivity index (χ1v) is 12.3. The highest BCUT2D eigenvalue weighted by Gasteiger charge is 2.58. The number of carbonyl (C=O) groups is 1. The van der Waals surface area contributed by atoms with Crippen molar-refractivity contribution in [3.8, 4) is 0 Å². The number of hydrogen-bond donors (Lipinski definition) is 6. The van der Waals surface area contributed by atoms with E-state index in [2.05, 4.69) is 11.6 Å². The Balaban J connectivity index is 1.33. The predicted molar refractivity (Wildman–Crippen MR) is 129 cm³/mol. The quantitative estimate of drug-likeness (QED) is 0.267. The summed E-state index contributed by atoms with van der Waals surface area (Å²) in [6.07, 6.45) is -6.76. The summed E-state index contributed by atoms with van der Waals surface area (Å²) in [4.78, 5) is 31.6. The molecule has 0 spiro atoms. The number of para-hydroxylation sites is 1. The van der Waals surface area contributed by atoms with Gasteiger partial charge in [0.1, 0.15) is 24.4 Å². The van der Waals surface area contributed by atoms with Gasteiger partial charge in [0.15, 0.2) is 17.3 Å². The Hall–Kier alpha value is -3.10. The van der Waals surface area contributed by atoms with Crippen LogP contribution in [0.2, 0.25) is 0 Å². The highest BCUT2D eigenvalue weighted by molar-refractivity contribution is 5.96. The summed E-state index contributed by atoms with van der Waals surface area (Å²) >= 11 is 0. The monoisotopic (exact) mass is 528 g/mol. The second kappa shape index (κ2) is 8.99. The summed E-state index contributed by atoms with van der Waals surface area (Å²) in [6.45, 7) is 3.18. The van der Waals surface area contributed by atoms with Crippen LogP contribution in [0.25, 0.3) is 10.9 Å². The second-order valence-electron chi connectivity index (χ2n) is 10.1. The van der Waals surface area contributed by atoms with Crippen LogP contribution in [0.3, 0.4) is 0 Å². The lowest BCUT2D eigenvalue weighted by atomic mass is 9.73. The number of piperidine rings is 1. The normalized spacial score (nSPS) is 38.2. The Morgan fingerprint density at radius 3 is 2.68 bits per heavy atom. The number of amides is 1. The molecule has 38 heavy (non-hydrogen) atoms. The third-order valence-electron chi connectivity index (χ3n) is 8.11. The van der Waals surface area contributed by atoms with Gasteiger partial charge >= 0.3 is 0 Å². The number of rotatable bonds is 4. The number of aromatic nitrogens is 1. The summed E-state index contributed by atoms with van der Waals surface area (Å²) in [5.74, 6) is -1.27. The van der Waals surface area contributed by atoms with Crippen molar-refractivity contribution in [2.45, 2.75) is 61.6 Å². The fourth-order valence-corrected chi connectivity index (χ4v) is 5.96. The second-order valence-corrected chi connectivity index (χ2v) is 10.1. The Bertz CT molecular complexity index is 1390. The first kappa shape index (κ1) is 25.2. The lowest BCUT2D eigenvalue weighted by Gasteiger charge is -2.49. The van der Waals surface area contributed by atoms with Gasteiger partial charge in [-0.05, 0) is 18.6 Å². The SMILES string of the molecule is C=C[C@@]1(O)[C@H](O[C@@H]2O[C@H](CO)[C@@H](O)[C@H](O)[C@H]2O)OC=C2C(=O)N3Cc4c([nH]c5ccccc5c4=O)[C@@H]3C[C@H]21. The first-order chi connectivity index (χ1) is 18.2. The molecule has 6 N–H and O–H groups in total. The minimum Gasteiger partial charge on any atom is -0.468 e. The van der Waals surface area contributed by atoms with Crippen molar-refractivity contribution < 1.29 is 44.5 Å². The zero-order valence-electron chi connectivity index (χ0n) is 20.1. The zero-order valence-corrected chi connectivity index (χ0v) is 20.1. The Kier molecular flexibility index (Phi) is 5.96. The van der Waals surface area contributed by atoms with Crippen molar-refractivity contribution >= 4 is 16.8 Å². The number of pyridine rings is 1. The van der Waals surface area contributed by atoms with E-state index >= 15 is 0 Å². The van der Waals surface area contributed by atoms with Gasteiger partial charge in [-0.25, -0.2) is 0 Å². The number of hydrogen-bond acceptors (Lipinski definition) is 10. The average molecular weight is 529 g/mol. The van der Waals surface area contributed by atoms with Crippen LogP contribution < -0.4 is 5.43 Å². The molecule has 0 bridgehead atoms. The van der Waals surface area contributed by atoms with Crippen LogP contribution in [0.1, 0.15) is 23.7 Å². The van der Waals surface area contributed by atoms with Crippen LogP contribution in [0.15, 0.2) is 53.6 Å². The molecule has 0 saturated carbocycles. The molecule has 12 heteroatoms. The number of aliphatic hydroxyl groups excluding tert-OH is 4. The number of aliphatic hydroxyl groups is 5. The standard InChI is InChI=1S/C26H28N2O10/c1-2-26(35)14-7-16-18-12(19(30)11-5-3-4-6-15(11)27-18)8-28(16)23(34)13(14)10-36-25(26)38-24-22(33)21(32)20(31)17(9-29)37-24/h2-6,10,14,16-17,20-22,24-25,29,31-33,35H,1,7-9H2,(H,27,30)/t14-,16+,17-,20-,21+,22-,24+,25+,26+/m1/s1. The molecule has 2 aromatic rings. The van der Waals surface area contributed by atoms with E-state index in [1.165, 1.54) is 12.3 Å². The number of nitrogens with zero attached hydrogens (tertiary/aromatic N) is 1. The molecule has 4 aliphatic heterocycles. The van der Waals surface area contributed by atoms with E-state index in [1.807, 2.05) is 0 Å². The number of nitrogens with one attached hydrogen (secondary N) is 1. The van der Waals surface area contributed by atoms with Gasteiger partial charge in [0, 0.05) is 28.1 Å². The van der Waals surface area contributed by atoms with Crippen LogP contribution in [-0.2, 0) is 25.5 Å². The number of H-pyrrole nitrogens is 1. The molecule has 6 rings (SSSR count). The van der Waals surface area contributed by atoms with E-state index in [1.54, 1.807) is 29.2 Å². The number of carbonyl (C=O) groups excluding carboxylic acids is 1. The van der Waals surface area contributed by atoms with E-state index in [4.69, 9.17) is 14.2 Å². The van der Waals surface area contributed by atoms with Crippen LogP contribution in [0, 0.1) is 5.92 Å². The van der Waals surface area contributed by atoms with E-state index < -0.39 is 67.1 Å². The van der Waals surface area contributed by atoms with Crippen molar-refractivity contribution in [2.75, 3.05) is 6.61 Å². The largest absolute Gasteiger partial charge is 0.468 e. The van der Waals surface area contributed by atoms with E-state index in [0.717, 1.165) is 0 Å². The molecule has 9 atom stereocenters. The van der Waals surface area contributed by atoms with Crippen LogP contribution in [0.5, 0.6) is 0 Å². The lowest BCUT2D eigenvalue weighted by Crippen LogP contribution is -2.63. The van der Waals surface area contributed by atoms with Crippen molar-refractivity contribution in [1.82, 2.24) is 9.88 Å². The molecule has 0 radical (unpaired) electrons. The summed E-state index contributed by atoms with van der Waals surface area (Å²) in [6, 6.07) is 6.55. The number of ether oxygens (including phenoxy) is 3. The molecular formula is C26H28N2O10. The maximum atomic E-state index is 13.5. The molecule has 1 aromatic carbocycles. The van der Waals surface area contributed by atoms with Crippen LogP contribution in [0.4, 0.5) is 0 Å². The predicted octanol–water partition coefficient (Wildman–Crippen LogP) is -1.09. The maximum Gasteiger partial charge on any atom is 0.254 e. The minimum absolute atomic E-state index is 0.111. The van der Waals surface area contributed by atoms with Gasteiger partial charge in [-0.1, -0.05) is 24.8 Å². The number of fused-ring (bicyclic) bond motifs is 5. The van der Waals surface area contributed by atoms with E-state index in [0.29, 0.717) is 22.2 Å². The number of benzene rings is 1. The fourth-order valence-electron chi connectivity index (χ4n) is 5.96. The highest BCUT2D eigenvalue weighted by atomic mass is 16.8. The van der Waals surface area contributed by atoms with Gasteiger partial charge in [-0.3, -0.25) is 9.59 Å². The van der Waals surface area contributed by atoms with Gasteiger partial charge in [0.05, 0.1) is 31.0 Å².